The molecule has 1 aromatic heterocycles. The average molecular weight is 626 g/mol. The minimum Gasteiger partial charge on any atom is -0.481 e. The van der Waals surface area contributed by atoms with Crippen LogP contribution in [0.1, 0.15) is 78.1 Å². The van der Waals surface area contributed by atoms with E-state index in [0.29, 0.717) is 18.4 Å². The van der Waals surface area contributed by atoms with Gasteiger partial charge in [0.15, 0.2) is 5.69 Å². The van der Waals surface area contributed by atoms with Crippen LogP contribution in [0.2, 0.25) is 0 Å². The van der Waals surface area contributed by atoms with Crippen molar-refractivity contribution in [2.45, 2.75) is 76.4 Å². The van der Waals surface area contributed by atoms with E-state index in [1.807, 2.05) is 0 Å². The molecule has 4 rings (SSSR count). The minimum atomic E-state index is -5.02. The molecule has 1 saturated carbocycles. The standard InChI is InChI=1S/C31H33F6N3O4/c1-19(2)40(12-13-41)28(43)25-26(44-18-20-8-4-3-5-9-20)27(42)39-24(38-25)17-29(10-6-7-11-29)21-14-22(30(32,33)34)16-23(15-21)31(35,36)37/h3-5,8-9,14-16,19,41H,6-7,10-13,17-18H2,1-2H3,(H,38,39,42). The zero-order chi connectivity index (χ0) is 32.3. The summed E-state index contributed by atoms with van der Waals surface area (Å²) < 4.78 is 88.0. The van der Waals surface area contributed by atoms with Crippen LogP contribution >= 0.6 is 0 Å². The molecule has 0 radical (unpaired) electrons. The Morgan fingerprint density at radius 2 is 1.61 bits per heavy atom. The molecule has 0 unspecified atom stereocenters. The minimum absolute atomic E-state index is 0.0766. The van der Waals surface area contributed by atoms with Gasteiger partial charge in [-0.15, -0.1) is 0 Å². The molecule has 0 saturated heterocycles. The van der Waals surface area contributed by atoms with E-state index in [1.54, 1.807) is 44.2 Å². The smallest absolute Gasteiger partial charge is 0.416 e. The van der Waals surface area contributed by atoms with Gasteiger partial charge < -0.3 is 19.7 Å². The van der Waals surface area contributed by atoms with Crippen molar-refractivity contribution in [3.05, 3.63) is 92.7 Å². The van der Waals surface area contributed by atoms with E-state index in [0.717, 1.165) is 12.1 Å². The Balaban J connectivity index is 1.82. The van der Waals surface area contributed by atoms with Crippen molar-refractivity contribution in [1.29, 1.82) is 0 Å². The summed E-state index contributed by atoms with van der Waals surface area (Å²) in [6.07, 6.45) is -8.71. The number of alkyl halides is 6. The first-order chi connectivity index (χ1) is 20.6. The van der Waals surface area contributed by atoms with Crippen molar-refractivity contribution in [3.63, 3.8) is 0 Å². The Kier molecular flexibility index (Phi) is 9.77. The fraction of sp³-hybridized carbons (Fsp3) is 0.452. The number of nitrogens with one attached hydrogen (secondary N) is 1. The lowest BCUT2D eigenvalue weighted by atomic mass is 9.74. The summed E-state index contributed by atoms with van der Waals surface area (Å²) in [6.45, 7) is 2.87. The Morgan fingerprint density at radius 3 is 2.14 bits per heavy atom. The van der Waals surface area contributed by atoms with Crippen LogP contribution in [0.4, 0.5) is 26.3 Å². The van der Waals surface area contributed by atoms with Crippen molar-refractivity contribution in [2.24, 2.45) is 0 Å². The Labute approximate surface area is 249 Å². The molecular weight excluding hydrogens is 592 g/mol. The molecule has 1 fully saturated rings. The van der Waals surface area contributed by atoms with Crippen LogP contribution in [-0.4, -0.2) is 45.1 Å². The van der Waals surface area contributed by atoms with Crippen LogP contribution in [0.3, 0.4) is 0 Å². The summed E-state index contributed by atoms with van der Waals surface area (Å²) >= 11 is 0. The molecule has 7 nitrogen and oxygen atoms in total. The maximum absolute atomic E-state index is 13.7. The molecule has 0 atom stereocenters. The number of hydrogen-bond acceptors (Lipinski definition) is 5. The van der Waals surface area contributed by atoms with Crippen molar-refractivity contribution in [1.82, 2.24) is 14.9 Å². The fourth-order valence-electron chi connectivity index (χ4n) is 5.64. The summed E-state index contributed by atoms with van der Waals surface area (Å²) in [5.41, 5.74) is -4.72. The molecule has 2 aromatic carbocycles. The van der Waals surface area contributed by atoms with Crippen LogP contribution in [0, 0.1) is 0 Å². The third-order valence-electron chi connectivity index (χ3n) is 7.85. The van der Waals surface area contributed by atoms with Gasteiger partial charge in [-0.1, -0.05) is 43.2 Å². The van der Waals surface area contributed by atoms with Crippen LogP contribution in [0.15, 0.2) is 53.3 Å². The van der Waals surface area contributed by atoms with Crippen LogP contribution in [0.25, 0.3) is 0 Å². The normalized spacial score (nSPS) is 15.0. The van der Waals surface area contributed by atoms with Gasteiger partial charge in [-0.3, -0.25) is 9.59 Å². The molecule has 2 N–H and O–H groups in total. The summed E-state index contributed by atoms with van der Waals surface area (Å²) in [4.78, 5) is 35.3. The van der Waals surface area contributed by atoms with Crippen molar-refractivity contribution < 1.29 is 41.0 Å². The zero-order valence-electron chi connectivity index (χ0n) is 24.2. The highest BCUT2D eigenvalue weighted by Crippen LogP contribution is 2.46. The molecule has 13 heteroatoms. The van der Waals surface area contributed by atoms with Crippen LogP contribution in [-0.2, 0) is 30.8 Å². The molecule has 1 heterocycles. The Bertz CT molecular complexity index is 1480. The third kappa shape index (κ3) is 7.43. The molecular formula is C31H33F6N3O4. The van der Waals surface area contributed by atoms with Crippen molar-refractivity contribution in [2.75, 3.05) is 13.2 Å². The van der Waals surface area contributed by atoms with E-state index in [2.05, 4.69) is 9.97 Å². The van der Waals surface area contributed by atoms with E-state index in [-0.39, 0.29) is 67.9 Å². The summed E-state index contributed by atoms with van der Waals surface area (Å²) in [7, 11) is 0. The SMILES string of the molecule is CC(C)N(CCO)C(=O)c1nc(CC2(c3cc(C(F)(F)F)cc(C(F)(F)F)c3)CCCC2)[nH]c(=O)c1OCc1ccccc1. The van der Waals surface area contributed by atoms with E-state index < -0.39 is 46.4 Å². The lowest BCUT2D eigenvalue weighted by Gasteiger charge is -2.31. The second kappa shape index (κ2) is 13.0. The molecule has 3 aromatic rings. The van der Waals surface area contributed by atoms with Gasteiger partial charge in [0.1, 0.15) is 12.4 Å². The maximum Gasteiger partial charge on any atom is 0.416 e. The number of amides is 1. The summed E-state index contributed by atoms with van der Waals surface area (Å²) in [5, 5.41) is 9.55. The number of aliphatic hydroxyl groups excluding tert-OH is 1. The quantitative estimate of drug-likeness (QED) is 0.259. The van der Waals surface area contributed by atoms with Gasteiger partial charge in [-0.2, -0.15) is 26.3 Å². The number of H-pyrrole nitrogens is 1. The molecule has 1 aliphatic carbocycles. The first-order valence-corrected chi connectivity index (χ1v) is 14.2. The number of nitrogens with zero attached hydrogens (tertiary/aromatic N) is 2. The third-order valence-corrected chi connectivity index (χ3v) is 7.85. The first-order valence-electron chi connectivity index (χ1n) is 14.2. The molecule has 1 aliphatic rings. The molecule has 0 aliphatic heterocycles. The average Bonchev–Trinajstić information content (AvgIpc) is 3.43. The van der Waals surface area contributed by atoms with Gasteiger partial charge >= 0.3 is 12.4 Å². The number of carbonyl (C=O) groups excluding carboxylic acids is 1. The molecule has 1 amide bonds. The number of aromatic nitrogens is 2. The largest absolute Gasteiger partial charge is 0.481 e. The van der Waals surface area contributed by atoms with E-state index in [1.165, 1.54) is 4.90 Å². The molecule has 238 valence electrons. The number of aromatic amines is 1. The van der Waals surface area contributed by atoms with Gasteiger partial charge in [0.05, 0.1) is 17.7 Å². The van der Waals surface area contributed by atoms with Gasteiger partial charge in [-0.05, 0) is 56.0 Å². The number of carbonyl (C=O) groups is 1. The highest BCUT2D eigenvalue weighted by atomic mass is 19.4. The fourth-order valence-corrected chi connectivity index (χ4v) is 5.64. The molecule has 0 bridgehead atoms. The lowest BCUT2D eigenvalue weighted by Crippen LogP contribution is -2.40. The number of ether oxygens (including phenoxy) is 1. The molecule has 0 spiro atoms. The summed E-state index contributed by atoms with van der Waals surface area (Å²) in [6, 6.07) is 9.94. The monoisotopic (exact) mass is 625 g/mol. The number of aliphatic hydroxyl groups is 1. The van der Waals surface area contributed by atoms with Gasteiger partial charge in [0, 0.05) is 24.4 Å². The van der Waals surface area contributed by atoms with Gasteiger partial charge in [0.2, 0.25) is 5.75 Å². The second-order valence-electron chi connectivity index (χ2n) is 11.2. The Hall–Kier alpha value is -3.87. The van der Waals surface area contributed by atoms with Gasteiger partial charge in [0.25, 0.3) is 11.5 Å². The predicted octanol–water partition coefficient (Wildman–Crippen LogP) is 6.28. The topological polar surface area (TPSA) is 95.5 Å². The van der Waals surface area contributed by atoms with Crippen molar-refractivity contribution in [3.8, 4) is 5.75 Å². The van der Waals surface area contributed by atoms with Crippen LogP contribution < -0.4 is 10.3 Å². The van der Waals surface area contributed by atoms with Gasteiger partial charge in [-0.25, -0.2) is 4.98 Å². The van der Waals surface area contributed by atoms with E-state index >= 15 is 0 Å². The lowest BCUT2D eigenvalue weighted by molar-refractivity contribution is -0.143. The maximum atomic E-state index is 13.7. The zero-order valence-corrected chi connectivity index (χ0v) is 24.2. The van der Waals surface area contributed by atoms with E-state index in [9.17, 15) is 41.0 Å². The van der Waals surface area contributed by atoms with Crippen molar-refractivity contribution >= 4 is 5.91 Å². The molecule has 44 heavy (non-hydrogen) atoms. The predicted molar refractivity (Wildman–Crippen MR) is 149 cm³/mol. The highest BCUT2D eigenvalue weighted by molar-refractivity contribution is 5.95. The number of halogens is 6. The number of rotatable bonds is 10. The number of benzene rings is 2. The first kappa shape index (κ1) is 33.0. The second-order valence-corrected chi connectivity index (χ2v) is 11.2. The number of hydrogen-bond donors (Lipinski definition) is 2. The Morgan fingerprint density at radius 1 is 1.02 bits per heavy atom. The highest BCUT2D eigenvalue weighted by Gasteiger charge is 2.43. The van der Waals surface area contributed by atoms with E-state index in [4.69, 9.17) is 4.74 Å². The van der Waals surface area contributed by atoms with Crippen LogP contribution in [0.5, 0.6) is 5.75 Å². The summed E-state index contributed by atoms with van der Waals surface area (Å²) in [5.74, 6) is -1.18.